The van der Waals surface area contributed by atoms with E-state index in [9.17, 15) is 13.2 Å². The highest BCUT2D eigenvalue weighted by atomic mass is 79.9. The lowest BCUT2D eigenvalue weighted by Crippen LogP contribution is -2.36. The Kier molecular flexibility index (Phi) is 5.37. The molecule has 1 aliphatic rings. The monoisotopic (exact) mass is 474 g/mol. The van der Waals surface area contributed by atoms with Crippen LogP contribution in [0.4, 0.5) is 0 Å². The molecule has 1 aliphatic heterocycles. The zero-order valence-corrected chi connectivity index (χ0v) is 18.1. The minimum Gasteiger partial charge on any atom is -0.297 e. The van der Waals surface area contributed by atoms with E-state index in [1.807, 2.05) is 42.6 Å². The van der Waals surface area contributed by atoms with Crippen LogP contribution >= 0.6 is 15.9 Å². The molecule has 150 valence electrons. The first kappa shape index (κ1) is 19.9. The van der Waals surface area contributed by atoms with Crippen molar-refractivity contribution in [2.75, 3.05) is 12.8 Å². The number of rotatable bonds is 4. The molecule has 0 unspecified atom stereocenters. The first-order valence-electron chi connectivity index (χ1n) is 9.05. The van der Waals surface area contributed by atoms with E-state index in [-0.39, 0.29) is 10.7 Å². The zero-order valence-electron chi connectivity index (χ0n) is 15.7. The van der Waals surface area contributed by atoms with Crippen molar-refractivity contribution in [3.63, 3.8) is 0 Å². The maximum atomic E-state index is 12.4. The summed E-state index contributed by atoms with van der Waals surface area (Å²) in [6, 6.07) is 12.0. The minimum atomic E-state index is -3.54. The van der Waals surface area contributed by atoms with Gasteiger partial charge in [-0.15, -0.1) is 0 Å². The summed E-state index contributed by atoms with van der Waals surface area (Å²) >= 11 is 3.43. The van der Waals surface area contributed by atoms with Gasteiger partial charge in [-0.2, -0.15) is 0 Å². The Morgan fingerprint density at radius 3 is 2.59 bits per heavy atom. The molecule has 0 saturated heterocycles. The Hall–Kier alpha value is -2.36. The summed E-state index contributed by atoms with van der Waals surface area (Å²) in [4.78, 5) is 25.6. The summed E-state index contributed by atoms with van der Waals surface area (Å²) in [5.74, 6) is 0. The molecule has 0 fully saturated rings. The average molecular weight is 475 g/mol. The fraction of sp³-hybridized carbons (Fsp3) is 0.250. The highest BCUT2D eigenvalue weighted by molar-refractivity contribution is 9.10. The van der Waals surface area contributed by atoms with Crippen molar-refractivity contribution in [1.29, 1.82) is 0 Å². The maximum absolute atomic E-state index is 12.4. The van der Waals surface area contributed by atoms with E-state index < -0.39 is 9.84 Å². The number of aromatic nitrogens is 3. The Bertz CT molecular complexity index is 1210. The van der Waals surface area contributed by atoms with Gasteiger partial charge in [0.2, 0.25) is 15.0 Å². The topological polar surface area (TPSA) is 96.0 Å². The van der Waals surface area contributed by atoms with Crippen molar-refractivity contribution >= 4 is 25.8 Å². The SMILES string of the molecule is CS(=O)(=O)c1nc2c(c(=O)[nH]1)CN(Cc1ccc(-c3ccc(Br)cc3)nc1)CC2. The number of H-pyrrole nitrogens is 1. The van der Waals surface area contributed by atoms with E-state index in [1.54, 1.807) is 0 Å². The molecule has 0 bridgehead atoms. The van der Waals surface area contributed by atoms with Gasteiger partial charge >= 0.3 is 0 Å². The van der Waals surface area contributed by atoms with Gasteiger partial charge in [-0.25, -0.2) is 13.4 Å². The van der Waals surface area contributed by atoms with Gasteiger partial charge < -0.3 is 0 Å². The van der Waals surface area contributed by atoms with Gasteiger partial charge in [0.1, 0.15) is 0 Å². The Labute approximate surface area is 176 Å². The lowest BCUT2D eigenvalue weighted by Gasteiger charge is -2.27. The first-order chi connectivity index (χ1) is 13.8. The van der Waals surface area contributed by atoms with Crippen LogP contribution in [0.1, 0.15) is 16.8 Å². The molecule has 0 atom stereocenters. The quantitative estimate of drug-likeness (QED) is 0.583. The number of halogens is 1. The molecule has 0 radical (unpaired) electrons. The average Bonchev–Trinajstić information content (AvgIpc) is 2.69. The molecular formula is C20H19BrN4O3S. The third kappa shape index (κ3) is 4.47. The molecule has 0 aliphatic carbocycles. The van der Waals surface area contributed by atoms with Crippen LogP contribution in [0.5, 0.6) is 0 Å². The number of benzene rings is 1. The molecule has 1 aromatic carbocycles. The van der Waals surface area contributed by atoms with Gasteiger partial charge in [-0.3, -0.25) is 19.7 Å². The largest absolute Gasteiger partial charge is 0.297 e. The fourth-order valence-corrected chi connectivity index (χ4v) is 4.15. The van der Waals surface area contributed by atoms with E-state index in [2.05, 4.69) is 35.8 Å². The fourth-order valence-electron chi connectivity index (χ4n) is 3.34. The van der Waals surface area contributed by atoms with Crippen molar-refractivity contribution in [3.8, 4) is 11.3 Å². The molecule has 3 aromatic rings. The van der Waals surface area contributed by atoms with E-state index in [1.165, 1.54) is 0 Å². The van der Waals surface area contributed by atoms with Crippen LogP contribution in [0, 0.1) is 0 Å². The Morgan fingerprint density at radius 1 is 1.17 bits per heavy atom. The summed E-state index contributed by atoms with van der Waals surface area (Å²) < 4.78 is 24.4. The predicted molar refractivity (Wildman–Crippen MR) is 113 cm³/mol. The highest BCUT2D eigenvalue weighted by Crippen LogP contribution is 2.21. The molecule has 29 heavy (non-hydrogen) atoms. The number of sulfone groups is 1. The van der Waals surface area contributed by atoms with Crippen LogP contribution in [0.25, 0.3) is 11.3 Å². The number of aromatic amines is 1. The molecule has 3 heterocycles. The number of pyridine rings is 1. The summed E-state index contributed by atoms with van der Waals surface area (Å²) in [6.45, 7) is 1.78. The number of hydrogen-bond acceptors (Lipinski definition) is 6. The minimum absolute atomic E-state index is 0.262. The summed E-state index contributed by atoms with van der Waals surface area (Å²) in [6.07, 6.45) is 3.42. The second-order valence-corrected chi connectivity index (χ2v) is 9.93. The van der Waals surface area contributed by atoms with E-state index in [4.69, 9.17) is 0 Å². The number of nitrogens with one attached hydrogen (secondary N) is 1. The van der Waals surface area contributed by atoms with Crippen molar-refractivity contribution < 1.29 is 8.42 Å². The molecule has 7 nitrogen and oxygen atoms in total. The van der Waals surface area contributed by atoms with Crippen molar-refractivity contribution in [2.24, 2.45) is 0 Å². The first-order valence-corrected chi connectivity index (χ1v) is 11.7. The molecule has 4 rings (SSSR count). The lowest BCUT2D eigenvalue weighted by atomic mass is 10.1. The van der Waals surface area contributed by atoms with Gasteiger partial charge in [0.15, 0.2) is 0 Å². The van der Waals surface area contributed by atoms with Crippen LogP contribution in [0.3, 0.4) is 0 Å². The van der Waals surface area contributed by atoms with E-state index >= 15 is 0 Å². The highest BCUT2D eigenvalue weighted by Gasteiger charge is 2.23. The normalized spacial score (nSPS) is 14.6. The third-order valence-electron chi connectivity index (χ3n) is 4.85. The van der Waals surface area contributed by atoms with Crippen LogP contribution in [0.15, 0.2) is 57.0 Å². The van der Waals surface area contributed by atoms with E-state index in [0.717, 1.165) is 27.5 Å². The molecule has 0 saturated carbocycles. The van der Waals surface area contributed by atoms with Gasteiger partial charge in [0, 0.05) is 48.5 Å². The lowest BCUT2D eigenvalue weighted by molar-refractivity contribution is 0.240. The molecule has 1 N–H and O–H groups in total. The summed E-state index contributed by atoms with van der Waals surface area (Å²) in [7, 11) is -3.54. The third-order valence-corrected chi connectivity index (χ3v) is 6.27. The Morgan fingerprint density at radius 2 is 1.93 bits per heavy atom. The predicted octanol–water partition coefficient (Wildman–Crippen LogP) is 2.56. The van der Waals surface area contributed by atoms with Crippen LogP contribution in [-0.4, -0.2) is 41.1 Å². The van der Waals surface area contributed by atoms with Gasteiger partial charge in [0.25, 0.3) is 5.56 Å². The Balaban J connectivity index is 1.49. The van der Waals surface area contributed by atoms with Crippen LogP contribution in [0.2, 0.25) is 0 Å². The van der Waals surface area contributed by atoms with Crippen LogP contribution < -0.4 is 5.56 Å². The standard InChI is InChI=1S/C20H19BrN4O3S/c1-29(27,28)20-23-18-8-9-25(12-16(18)19(26)24-20)11-13-2-7-17(22-10-13)14-3-5-15(21)6-4-14/h2-7,10H,8-9,11-12H2,1H3,(H,23,24,26). The smallest absolute Gasteiger partial charge is 0.256 e. The molecular weight excluding hydrogens is 456 g/mol. The number of fused-ring (bicyclic) bond motifs is 1. The van der Waals surface area contributed by atoms with Gasteiger partial charge in [-0.1, -0.05) is 34.1 Å². The number of nitrogens with zero attached hydrogens (tertiary/aromatic N) is 3. The second-order valence-electron chi connectivity index (χ2n) is 7.09. The van der Waals surface area contributed by atoms with Crippen molar-refractivity contribution in [3.05, 3.63) is 74.2 Å². The second kappa shape index (κ2) is 7.81. The van der Waals surface area contributed by atoms with E-state index in [0.29, 0.717) is 37.3 Å². The van der Waals surface area contributed by atoms with Crippen molar-refractivity contribution in [2.45, 2.75) is 24.7 Å². The van der Waals surface area contributed by atoms with Crippen molar-refractivity contribution in [1.82, 2.24) is 19.9 Å². The molecule has 9 heteroatoms. The zero-order chi connectivity index (χ0) is 20.6. The van der Waals surface area contributed by atoms with Gasteiger partial charge in [0.05, 0.1) is 17.0 Å². The van der Waals surface area contributed by atoms with Crippen LogP contribution in [-0.2, 0) is 29.3 Å². The summed E-state index contributed by atoms with van der Waals surface area (Å²) in [5.41, 5.74) is 3.71. The molecule has 0 amide bonds. The molecule has 2 aromatic heterocycles. The maximum Gasteiger partial charge on any atom is 0.256 e. The van der Waals surface area contributed by atoms with Gasteiger partial charge in [-0.05, 0) is 23.8 Å². The number of hydrogen-bond donors (Lipinski definition) is 1. The molecule has 0 spiro atoms. The summed E-state index contributed by atoms with van der Waals surface area (Å²) in [5, 5.41) is -0.262.